The first-order valence-electron chi connectivity index (χ1n) is 7.70. The highest BCUT2D eigenvalue weighted by molar-refractivity contribution is 5.31. The van der Waals surface area contributed by atoms with Gasteiger partial charge in [-0.05, 0) is 49.4 Å². The molecule has 0 aliphatic carbocycles. The summed E-state index contributed by atoms with van der Waals surface area (Å²) in [6.45, 7) is 6.45. The largest absolute Gasteiger partial charge is 0.379 e. The number of hydrogen-bond acceptors (Lipinski definition) is 2. The minimum atomic E-state index is 0.307. The monoisotopic (exact) mass is 259 g/mol. The van der Waals surface area contributed by atoms with Gasteiger partial charge in [0.15, 0.2) is 0 Å². The van der Waals surface area contributed by atoms with Crippen LogP contribution < -0.4 is 5.32 Å². The van der Waals surface area contributed by atoms with Crippen LogP contribution >= 0.6 is 0 Å². The fraction of sp³-hybridized carbons (Fsp3) is 0.647. The summed E-state index contributed by atoms with van der Waals surface area (Å²) in [5.74, 6) is 0.833. The van der Waals surface area contributed by atoms with Crippen LogP contribution in [-0.4, -0.2) is 26.3 Å². The highest BCUT2D eigenvalue weighted by Gasteiger charge is 2.42. The number of benzene rings is 1. The lowest BCUT2D eigenvalue weighted by Crippen LogP contribution is -2.48. The van der Waals surface area contributed by atoms with E-state index in [1.165, 1.54) is 49.9 Å². The second kappa shape index (κ2) is 5.64. The zero-order valence-electron chi connectivity index (χ0n) is 12.0. The van der Waals surface area contributed by atoms with E-state index in [1.807, 2.05) is 0 Å². The van der Waals surface area contributed by atoms with Gasteiger partial charge in [-0.1, -0.05) is 37.6 Å². The standard InChI is InChI=1S/C17H25NO/c1-2-3-14-4-6-16(7-5-14)17(12-19-13-17)10-15-8-9-18-11-15/h4-7,15,18H,2-3,8-13H2,1H3. The molecule has 1 atom stereocenters. The summed E-state index contributed by atoms with van der Waals surface area (Å²) >= 11 is 0. The molecule has 0 aromatic heterocycles. The lowest BCUT2D eigenvalue weighted by molar-refractivity contribution is -0.0705. The molecule has 2 aliphatic rings. The van der Waals surface area contributed by atoms with E-state index < -0.39 is 0 Å². The minimum absolute atomic E-state index is 0.307. The molecule has 2 saturated heterocycles. The molecule has 1 unspecified atom stereocenters. The minimum Gasteiger partial charge on any atom is -0.379 e. The summed E-state index contributed by atoms with van der Waals surface area (Å²) in [7, 11) is 0. The van der Waals surface area contributed by atoms with Crippen molar-refractivity contribution in [3.05, 3.63) is 35.4 Å². The van der Waals surface area contributed by atoms with E-state index in [9.17, 15) is 0 Å². The predicted octanol–water partition coefficient (Wildman–Crippen LogP) is 2.91. The number of rotatable bonds is 5. The lowest BCUT2D eigenvalue weighted by atomic mass is 9.72. The normalized spacial score (nSPS) is 25.2. The molecule has 0 bridgehead atoms. The Labute approximate surface area is 116 Å². The van der Waals surface area contributed by atoms with E-state index in [-0.39, 0.29) is 0 Å². The number of aryl methyl sites for hydroxylation is 1. The summed E-state index contributed by atoms with van der Waals surface area (Å²) in [5.41, 5.74) is 3.26. The third-order valence-electron chi connectivity index (χ3n) is 4.70. The van der Waals surface area contributed by atoms with E-state index in [0.717, 1.165) is 19.1 Å². The first-order valence-corrected chi connectivity index (χ1v) is 7.70. The molecule has 1 aromatic rings. The van der Waals surface area contributed by atoms with E-state index in [4.69, 9.17) is 4.74 Å². The first kappa shape index (κ1) is 13.1. The van der Waals surface area contributed by atoms with Crippen LogP contribution in [0.1, 0.15) is 37.3 Å². The summed E-state index contributed by atoms with van der Waals surface area (Å²) in [5, 5.41) is 3.48. The highest BCUT2D eigenvalue weighted by Crippen LogP contribution is 2.39. The summed E-state index contributed by atoms with van der Waals surface area (Å²) < 4.78 is 5.56. The van der Waals surface area contributed by atoms with Crippen LogP contribution in [0, 0.1) is 5.92 Å². The molecule has 2 nitrogen and oxygen atoms in total. The quantitative estimate of drug-likeness (QED) is 0.878. The van der Waals surface area contributed by atoms with Gasteiger partial charge in [-0.15, -0.1) is 0 Å². The molecule has 0 amide bonds. The lowest BCUT2D eigenvalue weighted by Gasteiger charge is -2.43. The summed E-state index contributed by atoms with van der Waals surface area (Å²) in [6.07, 6.45) is 5.03. The van der Waals surface area contributed by atoms with E-state index in [1.54, 1.807) is 0 Å². The molecule has 19 heavy (non-hydrogen) atoms. The van der Waals surface area contributed by atoms with Gasteiger partial charge < -0.3 is 10.1 Å². The Balaban J connectivity index is 1.73. The van der Waals surface area contributed by atoms with Crippen molar-refractivity contribution in [2.75, 3.05) is 26.3 Å². The van der Waals surface area contributed by atoms with E-state index >= 15 is 0 Å². The fourth-order valence-electron chi connectivity index (χ4n) is 3.51. The average Bonchev–Trinajstić information content (AvgIpc) is 2.88. The van der Waals surface area contributed by atoms with Crippen molar-refractivity contribution in [2.45, 2.75) is 38.0 Å². The van der Waals surface area contributed by atoms with Gasteiger partial charge in [-0.25, -0.2) is 0 Å². The third-order valence-corrected chi connectivity index (χ3v) is 4.70. The van der Waals surface area contributed by atoms with Gasteiger partial charge in [0, 0.05) is 5.41 Å². The van der Waals surface area contributed by atoms with Gasteiger partial charge >= 0.3 is 0 Å². The van der Waals surface area contributed by atoms with Crippen molar-refractivity contribution in [2.24, 2.45) is 5.92 Å². The Hall–Kier alpha value is -0.860. The van der Waals surface area contributed by atoms with Crippen LogP contribution in [0.2, 0.25) is 0 Å². The third kappa shape index (κ3) is 2.70. The molecule has 2 aliphatic heterocycles. The molecule has 104 valence electrons. The van der Waals surface area contributed by atoms with Gasteiger partial charge in [-0.3, -0.25) is 0 Å². The maximum atomic E-state index is 5.56. The van der Waals surface area contributed by atoms with Gasteiger partial charge in [-0.2, -0.15) is 0 Å². The number of hydrogen-bond donors (Lipinski definition) is 1. The molecule has 0 radical (unpaired) electrons. The van der Waals surface area contributed by atoms with Crippen molar-refractivity contribution in [3.63, 3.8) is 0 Å². The summed E-state index contributed by atoms with van der Waals surface area (Å²) in [6, 6.07) is 9.31. The smallest absolute Gasteiger partial charge is 0.0585 e. The Morgan fingerprint density at radius 1 is 1.26 bits per heavy atom. The fourth-order valence-corrected chi connectivity index (χ4v) is 3.51. The Kier molecular flexibility index (Phi) is 3.90. The molecule has 2 heteroatoms. The molecule has 0 saturated carbocycles. The molecule has 0 spiro atoms. The van der Waals surface area contributed by atoms with Crippen LogP contribution in [0.15, 0.2) is 24.3 Å². The number of ether oxygens (including phenoxy) is 1. The van der Waals surface area contributed by atoms with E-state index in [0.29, 0.717) is 5.41 Å². The van der Waals surface area contributed by atoms with Gasteiger partial charge in [0.25, 0.3) is 0 Å². The average molecular weight is 259 g/mol. The van der Waals surface area contributed by atoms with Crippen LogP contribution in [0.25, 0.3) is 0 Å². The Morgan fingerprint density at radius 2 is 2.05 bits per heavy atom. The molecular weight excluding hydrogens is 234 g/mol. The van der Waals surface area contributed by atoms with Crippen LogP contribution in [-0.2, 0) is 16.6 Å². The molecular formula is C17H25NO. The zero-order valence-corrected chi connectivity index (χ0v) is 12.0. The van der Waals surface area contributed by atoms with Gasteiger partial charge in [0.05, 0.1) is 13.2 Å². The molecule has 2 heterocycles. The molecule has 1 aromatic carbocycles. The highest BCUT2D eigenvalue weighted by atomic mass is 16.5. The SMILES string of the molecule is CCCc1ccc(C2(CC3CCNC3)COC2)cc1. The van der Waals surface area contributed by atoms with Crippen LogP contribution in [0.4, 0.5) is 0 Å². The number of nitrogens with one attached hydrogen (secondary N) is 1. The maximum Gasteiger partial charge on any atom is 0.0585 e. The van der Waals surface area contributed by atoms with Crippen LogP contribution in [0.3, 0.4) is 0 Å². The van der Waals surface area contributed by atoms with Crippen molar-refractivity contribution in [1.29, 1.82) is 0 Å². The topological polar surface area (TPSA) is 21.3 Å². The maximum absolute atomic E-state index is 5.56. The van der Waals surface area contributed by atoms with E-state index in [2.05, 4.69) is 36.5 Å². The Morgan fingerprint density at radius 3 is 2.58 bits per heavy atom. The second-order valence-electron chi connectivity index (χ2n) is 6.28. The van der Waals surface area contributed by atoms with Crippen molar-refractivity contribution >= 4 is 0 Å². The van der Waals surface area contributed by atoms with Crippen LogP contribution in [0.5, 0.6) is 0 Å². The predicted molar refractivity (Wildman–Crippen MR) is 78.5 cm³/mol. The van der Waals surface area contributed by atoms with Gasteiger partial charge in [0.2, 0.25) is 0 Å². The van der Waals surface area contributed by atoms with Crippen molar-refractivity contribution in [1.82, 2.24) is 5.32 Å². The second-order valence-corrected chi connectivity index (χ2v) is 6.28. The van der Waals surface area contributed by atoms with Crippen molar-refractivity contribution in [3.8, 4) is 0 Å². The first-order chi connectivity index (χ1) is 9.32. The Bertz CT molecular complexity index is 402. The summed E-state index contributed by atoms with van der Waals surface area (Å²) in [4.78, 5) is 0. The molecule has 2 fully saturated rings. The molecule has 3 rings (SSSR count). The van der Waals surface area contributed by atoms with Crippen molar-refractivity contribution < 1.29 is 4.74 Å². The van der Waals surface area contributed by atoms with Gasteiger partial charge in [0.1, 0.15) is 0 Å². The zero-order chi connectivity index (χ0) is 13.1. The molecule has 1 N–H and O–H groups in total.